The van der Waals surface area contributed by atoms with Gasteiger partial charge in [0.05, 0.1) is 6.10 Å². The predicted octanol–water partition coefficient (Wildman–Crippen LogP) is 9.87. The molecular weight excluding hydrogens is 444 g/mol. The number of hydrogen-bond acceptors (Lipinski definition) is 3. The van der Waals surface area contributed by atoms with E-state index in [2.05, 4.69) is 52.8 Å². The molecule has 0 spiro atoms. The van der Waals surface area contributed by atoms with Crippen molar-refractivity contribution >= 4 is 5.97 Å². The van der Waals surface area contributed by atoms with Crippen molar-refractivity contribution in [2.45, 2.75) is 169 Å². The number of carbonyl (C=O) groups excluding carboxylic acids is 1. The van der Waals surface area contributed by atoms with Crippen LogP contribution in [-0.4, -0.2) is 23.3 Å². The first kappa shape index (κ1) is 32.9. The minimum absolute atomic E-state index is 0.0607. The van der Waals surface area contributed by atoms with Crippen molar-refractivity contribution in [2.75, 3.05) is 0 Å². The molecule has 0 heterocycles. The summed E-state index contributed by atoms with van der Waals surface area (Å²) in [4.78, 5) is 12.4. The van der Waals surface area contributed by atoms with E-state index in [1.807, 2.05) is 0 Å². The second kappa shape index (κ2) is 19.9. The van der Waals surface area contributed by atoms with Crippen molar-refractivity contribution in [3.8, 4) is 0 Å². The van der Waals surface area contributed by atoms with E-state index in [1.54, 1.807) is 0 Å². The first-order chi connectivity index (χ1) is 17.4. The third-order valence-corrected chi connectivity index (χ3v) is 8.05. The first-order valence-corrected chi connectivity index (χ1v) is 15.6. The van der Waals surface area contributed by atoms with Gasteiger partial charge in [-0.05, 0) is 76.0 Å². The van der Waals surface area contributed by atoms with E-state index < -0.39 is 6.10 Å². The van der Waals surface area contributed by atoms with Crippen molar-refractivity contribution in [1.29, 1.82) is 0 Å². The van der Waals surface area contributed by atoms with Gasteiger partial charge in [0.25, 0.3) is 0 Å². The van der Waals surface area contributed by atoms with Crippen molar-refractivity contribution in [1.82, 2.24) is 0 Å². The lowest BCUT2D eigenvalue weighted by molar-refractivity contribution is -0.154. The summed E-state index contributed by atoms with van der Waals surface area (Å²) in [6.45, 7) is 11.0. The Labute approximate surface area is 224 Å². The molecule has 2 aliphatic rings. The minimum atomic E-state index is -0.507. The van der Waals surface area contributed by atoms with E-state index in [0.717, 1.165) is 38.5 Å². The number of fused-ring (bicyclic) bond motifs is 1. The molecule has 1 saturated carbocycles. The molecule has 2 rings (SSSR count). The van der Waals surface area contributed by atoms with Gasteiger partial charge in [-0.25, -0.2) is 0 Å². The smallest absolute Gasteiger partial charge is 0.306 e. The van der Waals surface area contributed by atoms with E-state index in [9.17, 15) is 9.90 Å². The standard InChI is InChI=1S/C30H52O3.C3H8/c1-4-5-6-7-8-9-10-11-12-13-14-15-16-17-18-19-28(31)33-27-24-30(3)23-22-25(2)20-21-26(30)29(27)32;1-3-2/h11-12,22,26-27,29,32H,4-10,13-21,23-24H2,1-3H3;3H2,1-2H3/b12-11-;/t26?,27?,29-,30?;/m1./s1. The molecule has 1 N–H and O–H groups in total. The predicted molar refractivity (Wildman–Crippen MR) is 155 cm³/mol. The molecule has 3 unspecified atom stereocenters. The maximum atomic E-state index is 12.4. The van der Waals surface area contributed by atoms with Gasteiger partial charge in [-0.1, -0.05) is 109 Å². The fourth-order valence-corrected chi connectivity index (χ4v) is 5.73. The molecule has 0 amide bonds. The third kappa shape index (κ3) is 13.5. The van der Waals surface area contributed by atoms with Gasteiger partial charge in [0.2, 0.25) is 0 Å². The Morgan fingerprint density at radius 3 is 2.14 bits per heavy atom. The number of esters is 1. The van der Waals surface area contributed by atoms with E-state index >= 15 is 0 Å². The zero-order valence-corrected chi connectivity index (χ0v) is 24.7. The van der Waals surface area contributed by atoms with Crippen molar-refractivity contribution in [3.63, 3.8) is 0 Å². The average Bonchev–Trinajstić information content (AvgIpc) is 2.97. The van der Waals surface area contributed by atoms with Crippen molar-refractivity contribution in [2.24, 2.45) is 11.3 Å². The number of allylic oxidation sites excluding steroid dienone is 4. The maximum Gasteiger partial charge on any atom is 0.306 e. The van der Waals surface area contributed by atoms with Crippen LogP contribution >= 0.6 is 0 Å². The SMILES string of the molecule is CCC.CCCCCCCC/C=C\CCCCCCCC(=O)OC1CC2(C)CC=C(C)CCC2[C@H]1O. The molecule has 3 nitrogen and oxygen atoms in total. The maximum absolute atomic E-state index is 12.4. The summed E-state index contributed by atoms with van der Waals surface area (Å²) in [7, 11) is 0. The van der Waals surface area contributed by atoms with E-state index in [0.29, 0.717) is 6.42 Å². The summed E-state index contributed by atoms with van der Waals surface area (Å²) in [6, 6.07) is 0. The molecule has 0 aromatic rings. The van der Waals surface area contributed by atoms with Crippen LogP contribution in [0.1, 0.15) is 157 Å². The number of rotatable bonds is 16. The lowest BCUT2D eigenvalue weighted by atomic mass is 9.76. The van der Waals surface area contributed by atoms with Crippen LogP contribution in [0.5, 0.6) is 0 Å². The van der Waals surface area contributed by atoms with Gasteiger partial charge < -0.3 is 9.84 Å². The quantitative estimate of drug-likeness (QED) is 0.129. The van der Waals surface area contributed by atoms with Gasteiger partial charge in [0.1, 0.15) is 6.10 Å². The lowest BCUT2D eigenvalue weighted by Gasteiger charge is -2.29. The largest absolute Gasteiger partial charge is 0.460 e. The molecule has 36 heavy (non-hydrogen) atoms. The van der Waals surface area contributed by atoms with E-state index in [1.165, 1.54) is 82.6 Å². The molecule has 0 aliphatic heterocycles. The van der Waals surface area contributed by atoms with Crippen LogP contribution < -0.4 is 0 Å². The van der Waals surface area contributed by atoms with Crippen molar-refractivity contribution < 1.29 is 14.6 Å². The van der Waals surface area contributed by atoms with Gasteiger partial charge in [-0.2, -0.15) is 0 Å². The Morgan fingerprint density at radius 1 is 0.972 bits per heavy atom. The Morgan fingerprint density at radius 2 is 1.53 bits per heavy atom. The van der Waals surface area contributed by atoms with Crippen molar-refractivity contribution in [3.05, 3.63) is 23.8 Å². The second-order valence-electron chi connectivity index (χ2n) is 11.8. The highest BCUT2D eigenvalue weighted by atomic mass is 16.6. The first-order valence-electron chi connectivity index (χ1n) is 15.6. The number of unbranched alkanes of at least 4 members (excludes halogenated alkanes) is 11. The Balaban J connectivity index is 0.00000205. The van der Waals surface area contributed by atoms with E-state index in [-0.39, 0.29) is 23.4 Å². The molecule has 1 fully saturated rings. The fraction of sp³-hybridized carbons (Fsp3) is 0.848. The number of carbonyl (C=O) groups is 1. The second-order valence-corrected chi connectivity index (χ2v) is 11.8. The summed E-state index contributed by atoms with van der Waals surface area (Å²) >= 11 is 0. The summed E-state index contributed by atoms with van der Waals surface area (Å²) in [6.07, 6.45) is 28.1. The number of hydrogen-bond donors (Lipinski definition) is 1. The monoisotopic (exact) mass is 504 g/mol. The Hall–Kier alpha value is -1.09. The van der Waals surface area contributed by atoms with Gasteiger partial charge >= 0.3 is 5.97 Å². The fourth-order valence-electron chi connectivity index (χ4n) is 5.73. The van der Waals surface area contributed by atoms with E-state index in [4.69, 9.17) is 4.74 Å². The lowest BCUT2D eigenvalue weighted by Crippen LogP contribution is -2.31. The highest BCUT2D eigenvalue weighted by Gasteiger charge is 2.51. The average molecular weight is 505 g/mol. The van der Waals surface area contributed by atoms with Gasteiger partial charge in [-0.3, -0.25) is 4.79 Å². The molecule has 0 bridgehead atoms. The van der Waals surface area contributed by atoms with Crippen LogP contribution in [0.15, 0.2) is 23.8 Å². The van der Waals surface area contributed by atoms with Gasteiger partial charge in [0, 0.05) is 6.42 Å². The summed E-state index contributed by atoms with van der Waals surface area (Å²) in [5.74, 6) is 0.118. The highest BCUT2D eigenvalue weighted by molar-refractivity contribution is 5.69. The summed E-state index contributed by atoms with van der Waals surface area (Å²) in [5.41, 5.74) is 1.49. The highest BCUT2D eigenvalue weighted by Crippen LogP contribution is 2.51. The topological polar surface area (TPSA) is 46.5 Å². The molecule has 0 aromatic heterocycles. The Bertz CT molecular complexity index is 622. The van der Waals surface area contributed by atoms with Crippen LogP contribution in [0.3, 0.4) is 0 Å². The molecule has 0 saturated heterocycles. The van der Waals surface area contributed by atoms with Crippen LogP contribution in [0.25, 0.3) is 0 Å². The molecule has 2 aliphatic carbocycles. The molecular formula is C33H60O3. The molecule has 210 valence electrons. The van der Waals surface area contributed by atoms with Gasteiger partial charge in [-0.15, -0.1) is 0 Å². The summed E-state index contributed by atoms with van der Waals surface area (Å²) in [5, 5.41) is 10.8. The van der Waals surface area contributed by atoms with Crippen LogP contribution in [0.4, 0.5) is 0 Å². The normalized spacial score (nSPS) is 25.6. The van der Waals surface area contributed by atoms with Crippen LogP contribution in [0, 0.1) is 11.3 Å². The molecule has 0 radical (unpaired) electrons. The number of ether oxygens (including phenoxy) is 1. The van der Waals surface area contributed by atoms with Crippen LogP contribution in [-0.2, 0) is 9.53 Å². The minimum Gasteiger partial charge on any atom is -0.460 e. The Kier molecular flexibility index (Phi) is 18.3. The third-order valence-electron chi connectivity index (χ3n) is 8.05. The molecule has 0 aromatic carbocycles. The molecule has 4 atom stereocenters. The number of aliphatic hydroxyl groups excluding tert-OH is 1. The summed E-state index contributed by atoms with van der Waals surface area (Å²) < 4.78 is 5.75. The molecule has 3 heteroatoms. The number of aliphatic hydroxyl groups is 1. The zero-order chi connectivity index (χ0) is 26.7. The van der Waals surface area contributed by atoms with Crippen LogP contribution in [0.2, 0.25) is 0 Å². The van der Waals surface area contributed by atoms with Gasteiger partial charge in [0.15, 0.2) is 0 Å². The zero-order valence-electron chi connectivity index (χ0n) is 24.7.